The van der Waals surface area contributed by atoms with Crippen molar-refractivity contribution in [2.75, 3.05) is 39.4 Å². The van der Waals surface area contributed by atoms with Gasteiger partial charge in [0.15, 0.2) is 0 Å². The molecule has 6 heteroatoms. The van der Waals surface area contributed by atoms with Gasteiger partial charge >= 0.3 is 0 Å². The minimum Gasteiger partial charge on any atom is -0.377 e. The van der Waals surface area contributed by atoms with Crippen LogP contribution < -0.4 is 10.6 Å². The normalized spacial score (nSPS) is 25.4. The van der Waals surface area contributed by atoms with Crippen LogP contribution in [0.2, 0.25) is 0 Å². The lowest BCUT2D eigenvalue weighted by Gasteiger charge is -2.43. The number of piperidine rings is 1. The van der Waals surface area contributed by atoms with Crippen LogP contribution in [0.1, 0.15) is 33.1 Å². The van der Waals surface area contributed by atoms with Crippen LogP contribution in [0.5, 0.6) is 0 Å². The zero-order valence-corrected chi connectivity index (χ0v) is 13.1. The van der Waals surface area contributed by atoms with E-state index in [-0.39, 0.29) is 17.2 Å². The standard InChI is InChI=1S/C15H27N3O3/c1-3-15(5-7-16-8-6-15)14(20)18-9-10-21-11-12(18)13(19)17-4-2/h12,16H,3-11H2,1-2H3,(H,17,19). The van der Waals surface area contributed by atoms with Crippen LogP contribution in [-0.4, -0.2) is 62.1 Å². The summed E-state index contributed by atoms with van der Waals surface area (Å²) in [6.07, 6.45) is 2.52. The SMILES string of the molecule is CCNC(=O)C1COCCN1C(=O)C1(CC)CCNCC1. The van der Waals surface area contributed by atoms with Gasteiger partial charge in [-0.05, 0) is 39.3 Å². The van der Waals surface area contributed by atoms with E-state index in [2.05, 4.69) is 17.6 Å². The summed E-state index contributed by atoms with van der Waals surface area (Å²) in [5.74, 6) is 0.0248. The van der Waals surface area contributed by atoms with E-state index in [9.17, 15) is 9.59 Å². The molecule has 0 aliphatic carbocycles. The van der Waals surface area contributed by atoms with Gasteiger partial charge in [-0.15, -0.1) is 0 Å². The highest BCUT2D eigenvalue weighted by Gasteiger charge is 2.44. The highest BCUT2D eigenvalue weighted by atomic mass is 16.5. The van der Waals surface area contributed by atoms with E-state index in [1.165, 1.54) is 0 Å². The molecule has 2 aliphatic rings. The van der Waals surface area contributed by atoms with E-state index < -0.39 is 6.04 Å². The molecule has 0 saturated carbocycles. The van der Waals surface area contributed by atoms with Crippen molar-refractivity contribution in [2.24, 2.45) is 5.41 Å². The van der Waals surface area contributed by atoms with E-state index in [1.807, 2.05) is 6.92 Å². The summed E-state index contributed by atoms with van der Waals surface area (Å²) >= 11 is 0. The third-order valence-corrected chi connectivity index (χ3v) is 4.73. The largest absolute Gasteiger partial charge is 0.377 e. The molecule has 6 nitrogen and oxygen atoms in total. The van der Waals surface area contributed by atoms with E-state index in [0.29, 0.717) is 26.3 Å². The Kier molecular flexibility index (Phi) is 5.58. The average molecular weight is 297 g/mol. The van der Waals surface area contributed by atoms with Gasteiger partial charge in [0.2, 0.25) is 11.8 Å². The monoisotopic (exact) mass is 297 g/mol. The summed E-state index contributed by atoms with van der Waals surface area (Å²) in [4.78, 5) is 27.0. The number of ether oxygens (including phenoxy) is 1. The number of nitrogens with zero attached hydrogens (tertiary/aromatic N) is 1. The summed E-state index contributed by atoms with van der Waals surface area (Å²) < 4.78 is 5.42. The summed E-state index contributed by atoms with van der Waals surface area (Å²) in [6.45, 7) is 7.59. The predicted molar refractivity (Wildman–Crippen MR) is 79.8 cm³/mol. The van der Waals surface area contributed by atoms with Crippen LogP contribution in [0.25, 0.3) is 0 Å². The topological polar surface area (TPSA) is 70.7 Å². The summed E-state index contributed by atoms with van der Waals surface area (Å²) in [7, 11) is 0. The molecule has 0 aromatic rings. The van der Waals surface area contributed by atoms with Gasteiger partial charge in [0, 0.05) is 13.1 Å². The number of hydrogen-bond acceptors (Lipinski definition) is 4. The molecule has 0 spiro atoms. The van der Waals surface area contributed by atoms with Crippen LogP contribution in [0.4, 0.5) is 0 Å². The predicted octanol–water partition coefficient (Wildman–Crippen LogP) is 0.130. The lowest BCUT2D eigenvalue weighted by molar-refractivity contribution is -0.158. The maximum Gasteiger partial charge on any atom is 0.245 e. The fourth-order valence-corrected chi connectivity index (χ4v) is 3.28. The Labute approximate surface area is 126 Å². The Morgan fingerprint density at radius 1 is 1.33 bits per heavy atom. The second-order valence-corrected chi connectivity index (χ2v) is 5.87. The maximum atomic E-state index is 13.1. The van der Waals surface area contributed by atoms with Gasteiger partial charge in [-0.3, -0.25) is 9.59 Å². The fourth-order valence-electron chi connectivity index (χ4n) is 3.28. The molecule has 2 saturated heterocycles. The number of nitrogens with one attached hydrogen (secondary N) is 2. The van der Waals surface area contributed by atoms with Gasteiger partial charge in [-0.2, -0.15) is 0 Å². The first-order valence-corrected chi connectivity index (χ1v) is 8.02. The van der Waals surface area contributed by atoms with E-state index in [0.717, 1.165) is 32.4 Å². The molecular formula is C15H27N3O3. The van der Waals surface area contributed by atoms with Crippen LogP contribution in [0, 0.1) is 5.41 Å². The quantitative estimate of drug-likeness (QED) is 0.774. The van der Waals surface area contributed by atoms with Gasteiger partial charge in [0.1, 0.15) is 6.04 Å². The smallest absolute Gasteiger partial charge is 0.245 e. The highest BCUT2D eigenvalue weighted by Crippen LogP contribution is 2.35. The van der Waals surface area contributed by atoms with E-state index in [1.54, 1.807) is 4.90 Å². The van der Waals surface area contributed by atoms with Crippen LogP contribution >= 0.6 is 0 Å². The molecule has 0 bridgehead atoms. The van der Waals surface area contributed by atoms with Crippen LogP contribution in [0.3, 0.4) is 0 Å². The molecule has 2 heterocycles. The van der Waals surface area contributed by atoms with Crippen LogP contribution in [0.15, 0.2) is 0 Å². The Bertz CT molecular complexity index is 380. The number of carbonyl (C=O) groups excluding carboxylic acids is 2. The lowest BCUT2D eigenvalue weighted by atomic mass is 9.75. The molecule has 2 aliphatic heterocycles. The summed E-state index contributed by atoms with van der Waals surface area (Å²) in [5.41, 5.74) is -0.312. The molecule has 2 N–H and O–H groups in total. The summed E-state index contributed by atoms with van der Waals surface area (Å²) in [5, 5.41) is 6.12. The molecule has 1 atom stereocenters. The second-order valence-electron chi connectivity index (χ2n) is 5.87. The van der Waals surface area contributed by atoms with Crippen molar-refractivity contribution in [1.82, 2.24) is 15.5 Å². The van der Waals surface area contributed by atoms with E-state index >= 15 is 0 Å². The first kappa shape index (κ1) is 16.2. The Hall–Kier alpha value is -1.14. The van der Waals surface area contributed by atoms with Crippen molar-refractivity contribution in [3.63, 3.8) is 0 Å². The number of morpholine rings is 1. The van der Waals surface area contributed by atoms with Gasteiger partial charge < -0.3 is 20.3 Å². The van der Waals surface area contributed by atoms with Crippen molar-refractivity contribution in [3.8, 4) is 0 Å². The maximum absolute atomic E-state index is 13.1. The molecule has 0 radical (unpaired) electrons. The number of amides is 2. The van der Waals surface area contributed by atoms with Gasteiger partial charge in [-0.1, -0.05) is 6.92 Å². The molecule has 2 amide bonds. The molecule has 120 valence electrons. The Morgan fingerprint density at radius 3 is 2.67 bits per heavy atom. The Balaban J connectivity index is 2.15. The van der Waals surface area contributed by atoms with Gasteiger partial charge in [0.25, 0.3) is 0 Å². The van der Waals surface area contributed by atoms with Crippen molar-refractivity contribution in [2.45, 2.75) is 39.2 Å². The Morgan fingerprint density at radius 2 is 2.05 bits per heavy atom. The van der Waals surface area contributed by atoms with E-state index in [4.69, 9.17) is 4.74 Å². The van der Waals surface area contributed by atoms with Crippen LogP contribution in [-0.2, 0) is 14.3 Å². The molecular weight excluding hydrogens is 270 g/mol. The number of likely N-dealkylation sites (N-methyl/N-ethyl adjacent to an activating group) is 1. The second kappa shape index (κ2) is 7.22. The lowest BCUT2D eigenvalue weighted by Crippen LogP contribution is -2.60. The van der Waals surface area contributed by atoms with Gasteiger partial charge in [0.05, 0.1) is 18.6 Å². The van der Waals surface area contributed by atoms with Gasteiger partial charge in [-0.25, -0.2) is 0 Å². The zero-order chi connectivity index (χ0) is 15.3. The first-order valence-electron chi connectivity index (χ1n) is 8.02. The molecule has 0 aromatic heterocycles. The van der Waals surface area contributed by atoms with Crippen molar-refractivity contribution in [3.05, 3.63) is 0 Å². The van der Waals surface area contributed by atoms with Crippen molar-refractivity contribution < 1.29 is 14.3 Å². The first-order chi connectivity index (χ1) is 10.1. The fraction of sp³-hybridized carbons (Fsp3) is 0.867. The minimum atomic E-state index is -0.482. The number of carbonyl (C=O) groups is 2. The molecule has 1 unspecified atom stereocenters. The molecule has 21 heavy (non-hydrogen) atoms. The molecule has 2 rings (SSSR count). The number of rotatable bonds is 4. The summed E-state index contributed by atoms with van der Waals surface area (Å²) in [6, 6.07) is -0.482. The van der Waals surface area contributed by atoms with Crippen molar-refractivity contribution >= 4 is 11.8 Å². The zero-order valence-electron chi connectivity index (χ0n) is 13.1. The average Bonchev–Trinajstić information content (AvgIpc) is 2.55. The highest BCUT2D eigenvalue weighted by molar-refractivity contribution is 5.90. The van der Waals surface area contributed by atoms with Crippen molar-refractivity contribution in [1.29, 1.82) is 0 Å². The third kappa shape index (κ3) is 3.37. The molecule has 0 aromatic carbocycles. The third-order valence-electron chi connectivity index (χ3n) is 4.73. The minimum absolute atomic E-state index is 0.106. The molecule has 2 fully saturated rings. The number of hydrogen-bond donors (Lipinski definition) is 2.